The highest BCUT2D eigenvalue weighted by molar-refractivity contribution is 5.73. The second kappa shape index (κ2) is 4.08. The van der Waals surface area contributed by atoms with Crippen LogP contribution in [0.3, 0.4) is 0 Å². The largest absolute Gasteiger partial charge is 0.356 e. The fourth-order valence-electron chi connectivity index (χ4n) is 1.87. The van der Waals surface area contributed by atoms with Crippen molar-refractivity contribution >= 4 is 5.91 Å². The lowest BCUT2D eigenvalue weighted by Crippen LogP contribution is -2.57. The number of ether oxygens (including phenoxy) is 3. The molecule has 1 heterocycles. The summed E-state index contributed by atoms with van der Waals surface area (Å²) in [4.78, 5) is 11.1. The molecule has 1 N–H and O–H groups in total. The third kappa shape index (κ3) is 2.14. The van der Waals surface area contributed by atoms with Gasteiger partial charge in [0.25, 0.3) is 5.91 Å². The van der Waals surface area contributed by atoms with E-state index in [1.807, 2.05) is 13.8 Å². The topological polar surface area (TPSA) is 56.8 Å². The number of hydrogen-bond acceptors (Lipinski definition) is 4. The Kier molecular flexibility index (Phi) is 3.38. The van der Waals surface area contributed by atoms with Crippen LogP contribution in [0.5, 0.6) is 0 Å². The zero-order valence-electron chi connectivity index (χ0n) is 9.92. The zero-order valence-corrected chi connectivity index (χ0v) is 9.92. The quantitative estimate of drug-likeness (QED) is 0.712. The van der Waals surface area contributed by atoms with E-state index >= 15 is 0 Å². The van der Waals surface area contributed by atoms with Crippen LogP contribution in [0.15, 0.2) is 0 Å². The van der Waals surface area contributed by atoms with E-state index in [1.165, 1.54) is 14.0 Å². The standard InChI is InChI=1S/C10H19NO4/c1-7(12)11-10(14-5)9(2,3)6-8(13-4)15-10/h8H,6H2,1-5H3,(H,11,12). The highest BCUT2D eigenvalue weighted by Crippen LogP contribution is 2.45. The lowest BCUT2D eigenvalue weighted by atomic mass is 9.86. The van der Waals surface area contributed by atoms with Crippen LogP contribution in [0.2, 0.25) is 0 Å². The summed E-state index contributed by atoms with van der Waals surface area (Å²) in [6.45, 7) is 5.36. The Balaban J connectivity index is 2.91. The van der Waals surface area contributed by atoms with Crippen molar-refractivity contribution in [2.45, 2.75) is 39.4 Å². The second-order valence-electron chi connectivity index (χ2n) is 4.37. The molecule has 0 aromatic rings. The summed E-state index contributed by atoms with van der Waals surface area (Å²) in [5, 5.41) is 2.70. The van der Waals surface area contributed by atoms with E-state index in [4.69, 9.17) is 14.2 Å². The van der Waals surface area contributed by atoms with Gasteiger partial charge in [-0.05, 0) is 0 Å². The van der Waals surface area contributed by atoms with Gasteiger partial charge in [0.15, 0.2) is 6.29 Å². The van der Waals surface area contributed by atoms with Crippen molar-refractivity contribution in [3.05, 3.63) is 0 Å². The molecule has 88 valence electrons. The maximum Gasteiger partial charge on any atom is 0.258 e. The average Bonchev–Trinajstić information content (AvgIpc) is 2.37. The van der Waals surface area contributed by atoms with E-state index in [0.29, 0.717) is 6.42 Å². The predicted molar refractivity (Wildman–Crippen MR) is 53.8 cm³/mol. The van der Waals surface area contributed by atoms with Gasteiger partial charge < -0.3 is 19.5 Å². The monoisotopic (exact) mass is 217 g/mol. The molecule has 2 atom stereocenters. The van der Waals surface area contributed by atoms with Crippen molar-refractivity contribution in [2.24, 2.45) is 5.41 Å². The molecule has 1 amide bonds. The molecule has 1 aliphatic heterocycles. The van der Waals surface area contributed by atoms with E-state index in [9.17, 15) is 4.79 Å². The molecule has 0 aliphatic carbocycles. The van der Waals surface area contributed by atoms with Crippen LogP contribution in [0.4, 0.5) is 0 Å². The molecule has 2 unspecified atom stereocenters. The van der Waals surface area contributed by atoms with Crippen molar-refractivity contribution in [1.82, 2.24) is 5.32 Å². The third-order valence-electron chi connectivity index (χ3n) is 2.76. The minimum Gasteiger partial charge on any atom is -0.356 e. The van der Waals surface area contributed by atoms with Crippen molar-refractivity contribution in [1.29, 1.82) is 0 Å². The minimum atomic E-state index is -1.10. The summed E-state index contributed by atoms with van der Waals surface area (Å²) in [5.41, 5.74) is -0.339. The molecule has 1 saturated heterocycles. The highest BCUT2D eigenvalue weighted by atomic mass is 16.8. The van der Waals surface area contributed by atoms with Gasteiger partial charge in [0, 0.05) is 33.0 Å². The lowest BCUT2D eigenvalue weighted by molar-refractivity contribution is -0.293. The molecule has 5 heteroatoms. The summed E-state index contributed by atoms with van der Waals surface area (Å²) in [5.74, 6) is -1.29. The second-order valence-corrected chi connectivity index (χ2v) is 4.37. The molecule has 0 saturated carbocycles. The number of carbonyl (C=O) groups is 1. The van der Waals surface area contributed by atoms with Crippen LogP contribution in [0.1, 0.15) is 27.2 Å². The maximum atomic E-state index is 11.1. The predicted octanol–water partition coefficient (Wildman–Crippen LogP) is 0.842. The minimum absolute atomic E-state index is 0.193. The fraction of sp³-hybridized carbons (Fsp3) is 0.900. The molecule has 1 fully saturated rings. The van der Waals surface area contributed by atoms with Crippen LogP contribution in [0.25, 0.3) is 0 Å². The van der Waals surface area contributed by atoms with E-state index in [1.54, 1.807) is 7.11 Å². The maximum absolute atomic E-state index is 11.1. The summed E-state index contributed by atoms with van der Waals surface area (Å²) >= 11 is 0. The molecular weight excluding hydrogens is 198 g/mol. The third-order valence-corrected chi connectivity index (χ3v) is 2.76. The van der Waals surface area contributed by atoms with Crippen molar-refractivity contribution in [3.8, 4) is 0 Å². The van der Waals surface area contributed by atoms with Crippen LogP contribution >= 0.6 is 0 Å². The Morgan fingerprint density at radius 2 is 2.07 bits per heavy atom. The molecule has 1 aliphatic rings. The first-order valence-corrected chi connectivity index (χ1v) is 4.91. The van der Waals surface area contributed by atoms with E-state index in [2.05, 4.69) is 5.32 Å². The number of hydrogen-bond donors (Lipinski definition) is 1. The van der Waals surface area contributed by atoms with Gasteiger partial charge in [-0.1, -0.05) is 13.8 Å². The van der Waals surface area contributed by atoms with Crippen LogP contribution < -0.4 is 5.32 Å². The number of amides is 1. The summed E-state index contributed by atoms with van der Waals surface area (Å²) in [7, 11) is 3.08. The Labute approximate surface area is 90.1 Å². The molecule has 0 aromatic carbocycles. The lowest BCUT2D eigenvalue weighted by Gasteiger charge is -2.37. The van der Waals surface area contributed by atoms with Gasteiger partial charge in [0.05, 0.1) is 0 Å². The van der Waals surface area contributed by atoms with Gasteiger partial charge in [-0.3, -0.25) is 4.79 Å². The Morgan fingerprint density at radius 1 is 1.47 bits per heavy atom. The van der Waals surface area contributed by atoms with Crippen molar-refractivity contribution in [2.75, 3.05) is 14.2 Å². The van der Waals surface area contributed by atoms with Gasteiger partial charge in [-0.15, -0.1) is 0 Å². The number of rotatable bonds is 3. The first kappa shape index (κ1) is 12.4. The first-order valence-electron chi connectivity index (χ1n) is 4.91. The molecule has 1 rings (SSSR count). The first-order chi connectivity index (χ1) is 6.87. The molecule has 0 aromatic heterocycles. The smallest absolute Gasteiger partial charge is 0.258 e. The Morgan fingerprint density at radius 3 is 2.40 bits per heavy atom. The van der Waals surface area contributed by atoms with Crippen LogP contribution in [-0.4, -0.2) is 32.3 Å². The summed E-state index contributed by atoms with van der Waals surface area (Å²) < 4.78 is 16.1. The van der Waals surface area contributed by atoms with Crippen molar-refractivity contribution in [3.63, 3.8) is 0 Å². The van der Waals surface area contributed by atoms with Crippen molar-refractivity contribution < 1.29 is 19.0 Å². The number of carbonyl (C=O) groups excluding carboxylic acids is 1. The van der Waals surface area contributed by atoms with Crippen LogP contribution in [-0.2, 0) is 19.0 Å². The summed E-state index contributed by atoms with van der Waals surface area (Å²) in [6.07, 6.45) is 0.309. The fourth-order valence-corrected chi connectivity index (χ4v) is 1.87. The average molecular weight is 217 g/mol. The normalized spacial score (nSPS) is 34.1. The van der Waals surface area contributed by atoms with Gasteiger partial charge in [-0.25, -0.2) is 0 Å². The van der Waals surface area contributed by atoms with Gasteiger partial charge in [-0.2, -0.15) is 0 Å². The molecule has 5 nitrogen and oxygen atoms in total. The molecular formula is C10H19NO4. The van der Waals surface area contributed by atoms with E-state index < -0.39 is 5.91 Å². The molecule has 0 spiro atoms. The SMILES string of the molecule is COC1CC(C)(C)C(NC(C)=O)(OC)O1. The molecule has 0 bridgehead atoms. The van der Waals surface area contributed by atoms with Crippen LogP contribution in [0, 0.1) is 5.41 Å². The van der Waals surface area contributed by atoms with E-state index in [-0.39, 0.29) is 17.6 Å². The molecule has 0 radical (unpaired) electrons. The van der Waals surface area contributed by atoms with Gasteiger partial charge in [0.1, 0.15) is 0 Å². The Hall–Kier alpha value is -0.650. The Bertz CT molecular complexity index is 254. The van der Waals surface area contributed by atoms with Gasteiger partial charge in [0.2, 0.25) is 5.91 Å². The number of methoxy groups -OCH3 is 2. The highest BCUT2D eigenvalue weighted by Gasteiger charge is 2.56. The zero-order chi connectivity index (χ0) is 11.7. The molecule has 15 heavy (non-hydrogen) atoms. The summed E-state index contributed by atoms with van der Waals surface area (Å²) in [6, 6.07) is 0. The number of nitrogens with one attached hydrogen (secondary N) is 1. The van der Waals surface area contributed by atoms with Gasteiger partial charge >= 0.3 is 0 Å². The van der Waals surface area contributed by atoms with E-state index in [0.717, 1.165) is 0 Å².